The van der Waals surface area contributed by atoms with Gasteiger partial charge in [0.25, 0.3) is 0 Å². The molecule has 0 aromatic rings. The molecule has 2 rings (SSSR count). The molecule has 2 N–H and O–H groups in total. The van der Waals surface area contributed by atoms with Crippen LogP contribution in [0.5, 0.6) is 0 Å². The van der Waals surface area contributed by atoms with Crippen LogP contribution in [0, 0.1) is 0 Å². The fourth-order valence-electron chi connectivity index (χ4n) is 2.44. The molecule has 0 aromatic carbocycles. The highest BCUT2D eigenvalue weighted by Gasteiger charge is 2.46. The Balaban J connectivity index is 2.12. The number of halogens is 1. The van der Waals surface area contributed by atoms with Crippen LogP contribution in [0.1, 0.15) is 6.42 Å². The summed E-state index contributed by atoms with van der Waals surface area (Å²) in [7, 11) is 1.91. The number of nitrogens with one attached hydrogen (secondary N) is 1. The van der Waals surface area contributed by atoms with Gasteiger partial charge in [0.05, 0.1) is 17.5 Å². The summed E-state index contributed by atoms with van der Waals surface area (Å²) in [6.45, 7) is 1.90. The number of aliphatic hydroxyl groups is 1. The van der Waals surface area contributed by atoms with Crippen LogP contribution in [-0.4, -0.2) is 53.7 Å². The van der Waals surface area contributed by atoms with Crippen molar-refractivity contribution in [2.75, 3.05) is 20.1 Å². The first kappa shape index (κ1) is 8.75. The average Bonchev–Trinajstić information content (AvgIpc) is 2.52. The first-order valence-electron chi connectivity index (χ1n) is 4.47. The van der Waals surface area contributed by atoms with E-state index in [0.717, 1.165) is 19.5 Å². The highest BCUT2D eigenvalue weighted by atomic mass is 35.5. The number of likely N-dealkylation sites (N-methyl/N-ethyl adjacent to an activating group) is 1. The molecule has 0 bridgehead atoms. The van der Waals surface area contributed by atoms with Gasteiger partial charge >= 0.3 is 0 Å². The van der Waals surface area contributed by atoms with E-state index in [-0.39, 0.29) is 23.6 Å². The minimum Gasteiger partial charge on any atom is -0.391 e. The van der Waals surface area contributed by atoms with Crippen molar-refractivity contribution in [2.24, 2.45) is 0 Å². The van der Waals surface area contributed by atoms with Crippen LogP contribution < -0.4 is 5.32 Å². The number of alkyl halides is 1. The van der Waals surface area contributed by atoms with Crippen LogP contribution in [0.3, 0.4) is 0 Å². The number of rotatable bonds is 1. The van der Waals surface area contributed by atoms with Crippen molar-refractivity contribution < 1.29 is 5.11 Å². The van der Waals surface area contributed by atoms with Crippen molar-refractivity contribution in [2.45, 2.75) is 30.0 Å². The third-order valence-corrected chi connectivity index (χ3v) is 3.44. The van der Waals surface area contributed by atoms with E-state index in [1.54, 1.807) is 0 Å². The van der Waals surface area contributed by atoms with Crippen molar-refractivity contribution in [1.82, 2.24) is 10.2 Å². The van der Waals surface area contributed by atoms with E-state index in [1.807, 2.05) is 7.05 Å². The smallest absolute Gasteiger partial charge is 0.0723 e. The van der Waals surface area contributed by atoms with Crippen molar-refractivity contribution in [1.29, 1.82) is 0 Å². The summed E-state index contributed by atoms with van der Waals surface area (Å²) in [5, 5.41) is 13.0. The zero-order valence-electron chi connectivity index (χ0n) is 7.20. The molecule has 2 fully saturated rings. The summed E-state index contributed by atoms with van der Waals surface area (Å²) in [4.78, 5) is 2.28. The lowest BCUT2D eigenvalue weighted by atomic mass is 10.0. The molecule has 0 radical (unpaired) electrons. The lowest BCUT2D eigenvalue weighted by Crippen LogP contribution is -2.45. The maximum absolute atomic E-state index is 9.68. The molecular weight excluding hydrogens is 176 g/mol. The van der Waals surface area contributed by atoms with Gasteiger partial charge in [-0.15, -0.1) is 11.6 Å². The molecule has 4 atom stereocenters. The van der Waals surface area contributed by atoms with Gasteiger partial charge in [-0.2, -0.15) is 0 Å². The fourth-order valence-corrected chi connectivity index (χ4v) is 2.90. The molecule has 0 spiro atoms. The second-order valence-corrected chi connectivity index (χ2v) is 4.23. The summed E-state index contributed by atoms with van der Waals surface area (Å²) in [5.74, 6) is 0. The van der Waals surface area contributed by atoms with Gasteiger partial charge in [0.15, 0.2) is 0 Å². The van der Waals surface area contributed by atoms with Crippen LogP contribution in [0.4, 0.5) is 0 Å². The summed E-state index contributed by atoms with van der Waals surface area (Å²) in [6.07, 6.45) is 0.707. The Bertz CT molecular complexity index is 178. The Labute approximate surface area is 77.7 Å². The van der Waals surface area contributed by atoms with Crippen LogP contribution >= 0.6 is 11.6 Å². The number of fused-ring (bicyclic) bond motifs is 1. The molecule has 12 heavy (non-hydrogen) atoms. The quantitative estimate of drug-likeness (QED) is 0.554. The second-order valence-electron chi connectivity index (χ2n) is 3.67. The Morgan fingerprint density at radius 1 is 1.58 bits per heavy atom. The van der Waals surface area contributed by atoms with Crippen LogP contribution in [0.15, 0.2) is 0 Å². The van der Waals surface area contributed by atoms with Crippen molar-refractivity contribution in [3.8, 4) is 0 Å². The maximum atomic E-state index is 9.68. The average molecular weight is 191 g/mol. The van der Waals surface area contributed by atoms with Crippen LogP contribution in [-0.2, 0) is 0 Å². The van der Waals surface area contributed by atoms with Gasteiger partial charge in [-0.3, -0.25) is 4.90 Å². The Kier molecular flexibility index (Phi) is 2.29. The number of aliphatic hydroxyl groups excluding tert-OH is 1. The van der Waals surface area contributed by atoms with Crippen molar-refractivity contribution in [3.05, 3.63) is 0 Å². The topological polar surface area (TPSA) is 35.5 Å². The molecule has 0 aromatic heterocycles. The zero-order chi connectivity index (χ0) is 8.72. The molecule has 3 nitrogen and oxygen atoms in total. The van der Waals surface area contributed by atoms with Crippen molar-refractivity contribution >= 4 is 11.6 Å². The molecule has 0 amide bonds. The van der Waals surface area contributed by atoms with E-state index in [2.05, 4.69) is 10.2 Å². The van der Waals surface area contributed by atoms with Gasteiger partial charge in [-0.25, -0.2) is 0 Å². The van der Waals surface area contributed by atoms with Gasteiger partial charge in [-0.05, 0) is 13.5 Å². The number of hydrogen-bond donors (Lipinski definition) is 2. The second kappa shape index (κ2) is 3.14. The number of hydrogen-bond acceptors (Lipinski definition) is 3. The Hall–Kier alpha value is 0.170. The Morgan fingerprint density at radius 2 is 2.33 bits per heavy atom. The Morgan fingerprint density at radius 3 is 3.00 bits per heavy atom. The normalized spacial score (nSPS) is 48.2. The summed E-state index contributed by atoms with van der Waals surface area (Å²) in [6, 6.07) is 0.502. The molecule has 2 saturated heterocycles. The van der Waals surface area contributed by atoms with E-state index in [4.69, 9.17) is 11.6 Å². The van der Waals surface area contributed by atoms with Gasteiger partial charge in [0.2, 0.25) is 0 Å². The van der Waals surface area contributed by atoms with Crippen LogP contribution in [0.2, 0.25) is 0 Å². The predicted molar refractivity (Wildman–Crippen MR) is 48.5 cm³/mol. The van der Waals surface area contributed by atoms with Gasteiger partial charge in [-0.1, -0.05) is 0 Å². The highest BCUT2D eigenvalue weighted by Crippen LogP contribution is 2.30. The van der Waals surface area contributed by atoms with E-state index in [1.165, 1.54) is 0 Å². The summed E-state index contributed by atoms with van der Waals surface area (Å²) in [5.41, 5.74) is 0. The third-order valence-electron chi connectivity index (χ3n) is 3.03. The molecule has 2 aliphatic heterocycles. The molecule has 2 heterocycles. The molecule has 0 unspecified atom stereocenters. The highest BCUT2D eigenvalue weighted by molar-refractivity contribution is 6.21. The molecule has 2 aliphatic rings. The SMILES string of the molecule is CN[C@@H]1[C@@H]2[C@H](O)CCN2C[C@H]1Cl. The minimum absolute atomic E-state index is 0.148. The largest absolute Gasteiger partial charge is 0.391 e. The van der Waals surface area contributed by atoms with Gasteiger partial charge in [0, 0.05) is 19.1 Å². The van der Waals surface area contributed by atoms with Gasteiger partial charge in [0.1, 0.15) is 0 Å². The summed E-state index contributed by atoms with van der Waals surface area (Å²) >= 11 is 6.13. The zero-order valence-corrected chi connectivity index (χ0v) is 7.96. The van der Waals surface area contributed by atoms with Gasteiger partial charge < -0.3 is 10.4 Å². The standard InChI is InChI=1S/C8H15ClN2O/c1-10-7-5(9)4-11-3-2-6(12)8(7)11/h5-8,10,12H,2-4H2,1H3/t5-,6-,7+,8+/m1/s1. The predicted octanol–water partition coefficient (Wildman–Crippen LogP) is -0.369. The first-order valence-corrected chi connectivity index (χ1v) is 4.91. The van der Waals surface area contributed by atoms with E-state index >= 15 is 0 Å². The molecule has 0 aliphatic carbocycles. The fraction of sp³-hybridized carbons (Fsp3) is 1.00. The van der Waals surface area contributed by atoms with Crippen LogP contribution in [0.25, 0.3) is 0 Å². The van der Waals surface area contributed by atoms with E-state index < -0.39 is 0 Å². The maximum Gasteiger partial charge on any atom is 0.0723 e. The molecule has 70 valence electrons. The van der Waals surface area contributed by atoms with E-state index in [0.29, 0.717) is 0 Å². The van der Waals surface area contributed by atoms with Crippen molar-refractivity contribution in [3.63, 3.8) is 0 Å². The first-order chi connectivity index (χ1) is 5.74. The molecular formula is C8H15ClN2O. The minimum atomic E-state index is -0.189. The lowest BCUT2D eigenvalue weighted by molar-refractivity contribution is 0.123. The molecule has 4 heteroatoms. The van der Waals surface area contributed by atoms with E-state index in [9.17, 15) is 5.11 Å². The summed E-state index contributed by atoms with van der Waals surface area (Å²) < 4.78 is 0. The molecule has 0 saturated carbocycles. The third kappa shape index (κ3) is 1.16. The lowest BCUT2D eigenvalue weighted by Gasteiger charge is -2.23. The monoisotopic (exact) mass is 190 g/mol. The number of nitrogens with zero attached hydrogens (tertiary/aromatic N) is 1.